The van der Waals surface area contributed by atoms with Crippen LogP contribution < -0.4 is 4.57 Å². The lowest BCUT2D eigenvalue weighted by Crippen LogP contribution is -2.31. The molecule has 102 valence electrons. The summed E-state index contributed by atoms with van der Waals surface area (Å²) in [6.07, 6.45) is 4.74. The van der Waals surface area contributed by atoms with E-state index >= 15 is 0 Å². The van der Waals surface area contributed by atoms with Gasteiger partial charge in [-0.2, -0.15) is 0 Å². The molecule has 5 heterocycles. The van der Waals surface area contributed by atoms with E-state index in [2.05, 4.69) is 9.97 Å². The van der Waals surface area contributed by atoms with E-state index in [1.54, 1.807) is 24.5 Å². The predicted octanol–water partition coefficient (Wildman–Crippen LogP) is 1.78. The van der Waals surface area contributed by atoms with Crippen molar-refractivity contribution in [3.8, 4) is 11.4 Å². The maximum absolute atomic E-state index is 8.11. The minimum atomic E-state index is -2.57. The van der Waals surface area contributed by atoms with Crippen LogP contribution in [-0.2, 0) is 20.5 Å². The largest absolute Gasteiger partial charge is 0.269 e. The number of aromatic nitrogens is 5. The zero-order chi connectivity index (χ0) is 19.1. The Morgan fingerprint density at radius 3 is 3.24 bits per heavy atom. The number of hydrogen-bond donors (Lipinski definition) is 0. The van der Waals surface area contributed by atoms with Gasteiger partial charge in [0, 0.05) is 18.6 Å². The molecule has 0 amide bonds. The van der Waals surface area contributed by atoms with Gasteiger partial charge in [0.2, 0.25) is 5.82 Å². The van der Waals surface area contributed by atoms with Gasteiger partial charge in [-0.3, -0.25) is 14.5 Å². The normalized spacial score (nSPS) is 18.5. The third kappa shape index (κ3) is 1.15. The zero-order valence-corrected chi connectivity index (χ0v) is 10.9. The quantitative estimate of drug-likeness (QED) is 0.406. The lowest BCUT2D eigenvalue weighted by molar-refractivity contribution is -0.636. The second-order valence-electron chi connectivity index (χ2n) is 5.14. The number of pyridine rings is 2. The third-order valence-electron chi connectivity index (χ3n) is 4.11. The number of aryl methyl sites for hydroxylation is 2. The molecule has 0 bridgehead atoms. The second kappa shape index (κ2) is 3.49. The van der Waals surface area contributed by atoms with E-state index in [0.29, 0.717) is 34.4 Å². The molecule has 1 aliphatic rings. The van der Waals surface area contributed by atoms with Gasteiger partial charge in [-0.15, -0.1) is 0 Å². The van der Waals surface area contributed by atoms with Gasteiger partial charge in [-0.25, -0.2) is 9.13 Å². The molecule has 0 aromatic carbocycles. The van der Waals surface area contributed by atoms with Crippen LogP contribution in [0.15, 0.2) is 36.8 Å². The molecule has 0 aliphatic carbocycles. The average molecular weight is 282 g/mol. The minimum Gasteiger partial charge on any atom is -0.264 e. The molecule has 5 heteroatoms. The van der Waals surface area contributed by atoms with Gasteiger partial charge in [0.15, 0.2) is 5.52 Å². The van der Waals surface area contributed by atoms with Crippen molar-refractivity contribution in [1.82, 2.24) is 19.1 Å². The van der Waals surface area contributed by atoms with Crippen LogP contribution in [0.5, 0.6) is 0 Å². The Morgan fingerprint density at radius 1 is 1.33 bits per heavy atom. The molecule has 0 saturated heterocycles. The number of hydrogen-bond acceptors (Lipinski definition) is 2. The monoisotopic (exact) mass is 282 g/mol. The zero-order valence-electron chi connectivity index (χ0n) is 16.9. The van der Waals surface area contributed by atoms with Crippen molar-refractivity contribution in [2.45, 2.75) is 6.54 Å². The van der Waals surface area contributed by atoms with Gasteiger partial charge in [-0.05, 0) is 18.2 Å². The predicted molar refractivity (Wildman–Crippen MR) is 79.7 cm³/mol. The Labute approximate surface area is 129 Å². The van der Waals surface area contributed by atoms with Crippen LogP contribution >= 0.6 is 0 Å². The number of fused-ring (bicyclic) bond motifs is 7. The Bertz CT molecular complexity index is 1230. The van der Waals surface area contributed by atoms with Crippen LogP contribution in [0.3, 0.4) is 0 Å². The molecule has 0 fully saturated rings. The number of imidazole rings is 1. The van der Waals surface area contributed by atoms with Crippen LogP contribution in [0.25, 0.3) is 33.5 Å². The molecule has 4 aromatic rings. The van der Waals surface area contributed by atoms with Gasteiger partial charge in [0.25, 0.3) is 5.65 Å². The van der Waals surface area contributed by atoms with Crippen molar-refractivity contribution >= 4 is 22.1 Å². The highest BCUT2D eigenvalue weighted by atomic mass is 15.2. The standard InChI is InChI=1S/C16H14N5/c1-19-13-5-7-17-8-11(13)14-16(19)20(2)15-10-4-3-6-18-12(10)9-21(14)15/h3-8H,9H2,1-2H3/q+1/i1D3,2D3. The number of nitrogens with zero attached hydrogens (tertiary/aromatic N) is 5. The van der Waals surface area contributed by atoms with E-state index in [-0.39, 0.29) is 5.65 Å². The van der Waals surface area contributed by atoms with Crippen molar-refractivity contribution in [3.63, 3.8) is 0 Å². The van der Waals surface area contributed by atoms with E-state index in [4.69, 9.17) is 8.22 Å². The first kappa shape index (κ1) is 6.85. The Hall–Kier alpha value is -2.69. The lowest BCUT2D eigenvalue weighted by Gasteiger charge is -1.98. The topological polar surface area (TPSA) is 39.5 Å². The molecule has 1 aliphatic heterocycles. The summed E-state index contributed by atoms with van der Waals surface area (Å²) in [5.74, 6) is 0.437. The summed E-state index contributed by atoms with van der Waals surface area (Å²) in [7, 11) is 0. The molecule has 4 aromatic heterocycles. The van der Waals surface area contributed by atoms with Crippen LogP contribution in [0.4, 0.5) is 0 Å². The average Bonchev–Trinajstić information content (AvgIpc) is 3.18. The molecule has 5 rings (SSSR count). The summed E-state index contributed by atoms with van der Waals surface area (Å²) in [6, 6.07) is 5.15. The minimum absolute atomic E-state index is 0.141. The summed E-state index contributed by atoms with van der Waals surface area (Å²) in [4.78, 5) is 8.49. The highest BCUT2D eigenvalue weighted by Crippen LogP contribution is 2.35. The Kier molecular flexibility index (Phi) is 1.14. The third-order valence-corrected chi connectivity index (χ3v) is 4.11. The fourth-order valence-corrected chi connectivity index (χ4v) is 3.24. The van der Waals surface area contributed by atoms with E-state index in [9.17, 15) is 0 Å². The summed E-state index contributed by atoms with van der Waals surface area (Å²) >= 11 is 0. The van der Waals surface area contributed by atoms with E-state index < -0.39 is 14.0 Å². The van der Waals surface area contributed by atoms with Crippen LogP contribution in [0.1, 0.15) is 13.9 Å². The van der Waals surface area contributed by atoms with Crippen LogP contribution in [-0.4, -0.2) is 19.1 Å². The first-order valence-corrected chi connectivity index (χ1v) is 6.57. The highest BCUT2D eigenvalue weighted by molar-refractivity contribution is 6.04. The van der Waals surface area contributed by atoms with Crippen molar-refractivity contribution in [2.24, 2.45) is 14.0 Å². The second-order valence-corrected chi connectivity index (χ2v) is 5.14. The number of rotatable bonds is 0. The fraction of sp³-hybridized carbons (Fsp3) is 0.188. The fourth-order valence-electron chi connectivity index (χ4n) is 3.24. The van der Waals surface area contributed by atoms with Gasteiger partial charge in [-0.1, -0.05) is 0 Å². The van der Waals surface area contributed by atoms with Crippen molar-refractivity contribution < 1.29 is 12.8 Å². The van der Waals surface area contributed by atoms with Crippen LogP contribution in [0.2, 0.25) is 0 Å². The van der Waals surface area contributed by atoms with E-state index in [1.165, 1.54) is 6.20 Å². The van der Waals surface area contributed by atoms with Crippen molar-refractivity contribution in [2.75, 3.05) is 0 Å². The lowest BCUT2D eigenvalue weighted by atomic mass is 10.2. The van der Waals surface area contributed by atoms with E-state index in [1.807, 2.05) is 10.6 Å². The highest BCUT2D eigenvalue weighted by Gasteiger charge is 2.34. The van der Waals surface area contributed by atoms with Gasteiger partial charge >= 0.3 is 0 Å². The summed E-state index contributed by atoms with van der Waals surface area (Å²) in [6.45, 7) is -4.74. The SMILES string of the molecule is [2H]C([2H])([2H])n1c2ccncc2c2c1[n+](C([2H])([2H])[2H])c1n2Cc2ncccc2-1. The molecule has 0 saturated carbocycles. The molecule has 0 atom stereocenters. The molecule has 0 N–H and O–H groups in total. The molecule has 5 nitrogen and oxygen atoms in total. The smallest absolute Gasteiger partial charge is 0.264 e. The van der Waals surface area contributed by atoms with Crippen molar-refractivity contribution in [3.05, 3.63) is 42.5 Å². The molecule has 0 radical (unpaired) electrons. The van der Waals surface area contributed by atoms with Crippen molar-refractivity contribution in [1.29, 1.82) is 0 Å². The maximum atomic E-state index is 8.11. The van der Waals surface area contributed by atoms with Gasteiger partial charge in [0.1, 0.15) is 12.1 Å². The first-order valence-electron chi connectivity index (χ1n) is 9.57. The molecule has 0 spiro atoms. The van der Waals surface area contributed by atoms with Gasteiger partial charge < -0.3 is 0 Å². The molecule has 21 heavy (non-hydrogen) atoms. The Balaban J connectivity index is 2.07. The maximum Gasteiger partial charge on any atom is 0.269 e. The summed E-state index contributed by atoms with van der Waals surface area (Å²) in [5.41, 5.74) is 2.55. The molecular weight excluding hydrogens is 262 g/mol. The molecular formula is C16H14N5+. The Morgan fingerprint density at radius 2 is 2.33 bits per heavy atom. The molecule has 0 unspecified atom stereocenters. The summed E-state index contributed by atoms with van der Waals surface area (Å²) in [5, 5.41) is 0.598. The van der Waals surface area contributed by atoms with E-state index in [0.717, 1.165) is 14.8 Å². The van der Waals surface area contributed by atoms with Gasteiger partial charge in [0.05, 0.1) is 38.8 Å². The van der Waals surface area contributed by atoms with Crippen LogP contribution in [0, 0.1) is 0 Å². The first-order chi connectivity index (χ1) is 12.7. The summed E-state index contributed by atoms with van der Waals surface area (Å²) < 4.78 is 52.4.